The highest BCUT2D eigenvalue weighted by molar-refractivity contribution is 5.86. The highest BCUT2D eigenvalue weighted by atomic mass is 16.4. The third-order valence-electron chi connectivity index (χ3n) is 4.94. The number of aliphatic carboxylic acids is 1. The Balaban J connectivity index is 1.59. The lowest BCUT2D eigenvalue weighted by Gasteiger charge is -2.33. The molecule has 2 N–H and O–H groups in total. The number of carbonyl (C=O) groups excluding carboxylic acids is 1. The van der Waals surface area contributed by atoms with Gasteiger partial charge in [0.15, 0.2) is 0 Å². The Morgan fingerprint density at radius 1 is 1.14 bits per heavy atom. The average molecular weight is 287 g/mol. The standard InChI is InChI=1S/C17H21NO3/c19-16(14-8-9-15(14)17(20)21)18-10-12-6-3-5-11-4-1-2-7-13(11)12/h1-2,4,7,12,14-15H,3,5-6,8-10H2,(H,18,19)(H,20,21). The van der Waals surface area contributed by atoms with Gasteiger partial charge in [0.25, 0.3) is 0 Å². The Morgan fingerprint density at radius 2 is 1.90 bits per heavy atom. The topological polar surface area (TPSA) is 66.4 Å². The van der Waals surface area contributed by atoms with Gasteiger partial charge in [0.2, 0.25) is 5.91 Å². The van der Waals surface area contributed by atoms with Crippen molar-refractivity contribution in [1.82, 2.24) is 5.32 Å². The first-order chi connectivity index (χ1) is 10.2. The van der Waals surface area contributed by atoms with Gasteiger partial charge in [-0.2, -0.15) is 0 Å². The zero-order valence-electron chi connectivity index (χ0n) is 12.0. The van der Waals surface area contributed by atoms with Gasteiger partial charge in [-0.3, -0.25) is 9.59 Å². The maximum atomic E-state index is 12.1. The molecule has 1 aromatic carbocycles. The van der Waals surface area contributed by atoms with E-state index in [4.69, 9.17) is 5.11 Å². The van der Waals surface area contributed by atoms with Crippen molar-refractivity contribution >= 4 is 11.9 Å². The molecule has 1 aromatic rings. The molecule has 1 saturated carbocycles. The van der Waals surface area contributed by atoms with Crippen LogP contribution >= 0.6 is 0 Å². The van der Waals surface area contributed by atoms with Crippen LogP contribution < -0.4 is 5.32 Å². The normalized spacial score (nSPS) is 27.3. The lowest BCUT2D eigenvalue weighted by molar-refractivity contribution is -0.152. The number of benzene rings is 1. The van der Waals surface area contributed by atoms with Gasteiger partial charge in [0, 0.05) is 12.5 Å². The summed E-state index contributed by atoms with van der Waals surface area (Å²) in [5.41, 5.74) is 2.72. The minimum atomic E-state index is -0.843. The summed E-state index contributed by atoms with van der Waals surface area (Å²) in [5.74, 6) is -1.38. The third-order valence-corrected chi connectivity index (χ3v) is 4.94. The summed E-state index contributed by atoms with van der Waals surface area (Å²) in [5, 5.41) is 12.0. The van der Waals surface area contributed by atoms with E-state index in [1.54, 1.807) is 0 Å². The van der Waals surface area contributed by atoms with E-state index >= 15 is 0 Å². The van der Waals surface area contributed by atoms with E-state index in [1.165, 1.54) is 11.1 Å². The summed E-state index contributed by atoms with van der Waals surface area (Å²) in [6.07, 6.45) is 4.68. The molecule has 3 rings (SSSR count). The molecule has 1 fully saturated rings. The van der Waals surface area contributed by atoms with Crippen LogP contribution in [-0.4, -0.2) is 23.5 Å². The number of nitrogens with one attached hydrogen (secondary N) is 1. The lowest BCUT2D eigenvalue weighted by atomic mass is 9.73. The third kappa shape index (κ3) is 2.80. The Hall–Kier alpha value is -1.84. The van der Waals surface area contributed by atoms with Gasteiger partial charge in [0.05, 0.1) is 11.8 Å². The highest BCUT2D eigenvalue weighted by Gasteiger charge is 2.41. The van der Waals surface area contributed by atoms with Gasteiger partial charge >= 0.3 is 5.97 Å². The van der Waals surface area contributed by atoms with E-state index in [1.807, 2.05) is 6.07 Å². The first-order valence-electron chi connectivity index (χ1n) is 7.75. The maximum absolute atomic E-state index is 12.1. The fraction of sp³-hybridized carbons (Fsp3) is 0.529. The van der Waals surface area contributed by atoms with Crippen molar-refractivity contribution in [2.45, 2.75) is 38.0 Å². The van der Waals surface area contributed by atoms with Crippen LogP contribution in [0.1, 0.15) is 42.7 Å². The van der Waals surface area contributed by atoms with E-state index in [0.717, 1.165) is 19.3 Å². The largest absolute Gasteiger partial charge is 0.481 e. The van der Waals surface area contributed by atoms with Gasteiger partial charge in [-0.25, -0.2) is 0 Å². The van der Waals surface area contributed by atoms with Crippen molar-refractivity contribution in [3.05, 3.63) is 35.4 Å². The Labute approximate surface area is 124 Å². The molecule has 0 aromatic heterocycles. The molecule has 3 unspecified atom stereocenters. The molecule has 112 valence electrons. The van der Waals surface area contributed by atoms with Crippen LogP contribution in [0.3, 0.4) is 0 Å². The molecule has 2 aliphatic rings. The van der Waals surface area contributed by atoms with Crippen LogP contribution in [0.15, 0.2) is 24.3 Å². The maximum Gasteiger partial charge on any atom is 0.307 e. The average Bonchev–Trinajstić information content (AvgIpc) is 2.43. The molecule has 0 aliphatic heterocycles. The monoisotopic (exact) mass is 287 g/mol. The van der Waals surface area contributed by atoms with Gasteiger partial charge < -0.3 is 10.4 Å². The molecule has 4 heteroatoms. The van der Waals surface area contributed by atoms with Crippen LogP contribution in [0, 0.1) is 11.8 Å². The molecule has 1 amide bonds. The zero-order chi connectivity index (χ0) is 14.8. The minimum Gasteiger partial charge on any atom is -0.481 e. The number of carboxylic acids is 1. The first-order valence-corrected chi connectivity index (χ1v) is 7.75. The Bertz CT molecular complexity index is 555. The van der Waals surface area contributed by atoms with Gasteiger partial charge in [-0.15, -0.1) is 0 Å². The summed E-state index contributed by atoms with van der Waals surface area (Å²) < 4.78 is 0. The van der Waals surface area contributed by atoms with Crippen molar-refractivity contribution in [3.63, 3.8) is 0 Å². The summed E-state index contributed by atoms with van der Waals surface area (Å²) >= 11 is 0. The summed E-state index contributed by atoms with van der Waals surface area (Å²) in [7, 11) is 0. The van der Waals surface area contributed by atoms with Crippen molar-refractivity contribution in [2.75, 3.05) is 6.54 Å². The number of hydrogen-bond acceptors (Lipinski definition) is 2. The second-order valence-corrected chi connectivity index (χ2v) is 6.16. The summed E-state index contributed by atoms with van der Waals surface area (Å²) in [4.78, 5) is 23.1. The molecule has 2 aliphatic carbocycles. The predicted molar refractivity (Wildman–Crippen MR) is 79.0 cm³/mol. The number of fused-ring (bicyclic) bond motifs is 1. The summed E-state index contributed by atoms with van der Waals surface area (Å²) in [6, 6.07) is 8.42. The number of hydrogen-bond donors (Lipinski definition) is 2. The molecule has 0 spiro atoms. The first kappa shape index (κ1) is 14.1. The number of aryl methyl sites for hydroxylation is 1. The SMILES string of the molecule is O=C(O)C1CCC1C(=O)NCC1CCCc2ccccc21. The van der Waals surface area contributed by atoms with Crippen molar-refractivity contribution < 1.29 is 14.7 Å². The molecule has 0 heterocycles. The highest BCUT2D eigenvalue weighted by Crippen LogP contribution is 2.35. The van der Waals surface area contributed by atoms with Crippen LogP contribution in [0.5, 0.6) is 0 Å². The fourth-order valence-electron chi connectivity index (χ4n) is 3.53. The van der Waals surface area contributed by atoms with Crippen molar-refractivity contribution in [3.8, 4) is 0 Å². The molecule has 0 bridgehead atoms. The van der Waals surface area contributed by atoms with Gasteiger partial charge in [-0.05, 0) is 43.2 Å². The van der Waals surface area contributed by atoms with Crippen LogP contribution in [0.25, 0.3) is 0 Å². The van der Waals surface area contributed by atoms with E-state index in [2.05, 4.69) is 23.5 Å². The second-order valence-electron chi connectivity index (χ2n) is 6.16. The molecular formula is C17H21NO3. The number of carboxylic acid groups (broad SMARTS) is 1. The Kier molecular flexibility index (Phi) is 3.95. The Morgan fingerprint density at radius 3 is 2.62 bits per heavy atom. The molecule has 21 heavy (non-hydrogen) atoms. The molecule has 4 nitrogen and oxygen atoms in total. The van der Waals surface area contributed by atoms with Crippen LogP contribution in [0.4, 0.5) is 0 Å². The molecule has 3 atom stereocenters. The van der Waals surface area contributed by atoms with Gasteiger partial charge in [-0.1, -0.05) is 24.3 Å². The summed E-state index contributed by atoms with van der Waals surface area (Å²) in [6.45, 7) is 0.624. The fourth-order valence-corrected chi connectivity index (χ4v) is 3.53. The quantitative estimate of drug-likeness (QED) is 0.893. The molecule has 0 radical (unpaired) electrons. The number of carbonyl (C=O) groups is 2. The van der Waals surface area contributed by atoms with Crippen LogP contribution in [0.2, 0.25) is 0 Å². The number of rotatable bonds is 4. The van der Waals surface area contributed by atoms with Crippen molar-refractivity contribution in [1.29, 1.82) is 0 Å². The number of amides is 1. The van der Waals surface area contributed by atoms with Gasteiger partial charge in [0.1, 0.15) is 0 Å². The lowest BCUT2D eigenvalue weighted by Crippen LogP contribution is -2.45. The van der Waals surface area contributed by atoms with E-state index < -0.39 is 11.9 Å². The van der Waals surface area contributed by atoms with Crippen molar-refractivity contribution in [2.24, 2.45) is 11.8 Å². The second kappa shape index (κ2) is 5.88. The predicted octanol–water partition coefficient (Wildman–Crippen LogP) is 2.33. The smallest absolute Gasteiger partial charge is 0.307 e. The van der Waals surface area contributed by atoms with Crippen LogP contribution in [-0.2, 0) is 16.0 Å². The van der Waals surface area contributed by atoms with E-state index in [9.17, 15) is 9.59 Å². The molecule has 0 saturated heterocycles. The zero-order valence-corrected chi connectivity index (χ0v) is 12.0. The van der Waals surface area contributed by atoms with E-state index in [0.29, 0.717) is 25.3 Å². The van der Waals surface area contributed by atoms with E-state index in [-0.39, 0.29) is 11.8 Å². The molecular weight excluding hydrogens is 266 g/mol. The minimum absolute atomic E-state index is 0.0864.